The van der Waals surface area contributed by atoms with Gasteiger partial charge in [-0.1, -0.05) is 0 Å². The molecule has 3 rings (SSSR count). The third-order valence-corrected chi connectivity index (χ3v) is 5.62. The van der Waals surface area contributed by atoms with Crippen molar-refractivity contribution < 1.29 is 19.1 Å². The van der Waals surface area contributed by atoms with Crippen molar-refractivity contribution in [3.63, 3.8) is 0 Å². The Balaban J connectivity index is 1.77. The van der Waals surface area contributed by atoms with Gasteiger partial charge in [0.1, 0.15) is 11.4 Å². The van der Waals surface area contributed by atoms with E-state index in [0.29, 0.717) is 30.1 Å². The van der Waals surface area contributed by atoms with Crippen molar-refractivity contribution in [3.05, 3.63) is 52.4 Å². The number of nitrogens with zero attached hydrogens (tertiary/aromatic N) is 3. The van der Waals surface area contributed by atoms with Crippen molar-refractivity contribution in [3.8, 4) is 5.75 Å². The molecular weight excluding hydrogens is 412 g/mol. The molecule has 1 N–H and O–H groups in total. The van der Waals surface area contributed by atoms with Gasteiger partial charge in [0.05, 0.1) is 18.6 Å². The van der Waals surface area contributed by atoms with Gasteiger partial charge < -0.3 is 24.4 Å². The summed E-state index contributed by atoms with van der Waals surface area (Å²) < 4.78 is 6.41. The van der Waals surface area contributed by atoms with Crippen LogP contribution in [0, 0.1) is 5.92 Å². The highest BCUT2D eigenvalue weighted by Gasteiger charge is 2.35. The molecule has 9 nitrogen and oxygen atoms in total. The van der Waals surface area contributed by atoms with Gasteiger partial charge in [-0.15, -0.1) is 0 Å². The van der Waals surface area contributed by atoms with E-state index in [-0.39, 0.29) is 30.5 Å². The lowest BCUT2D eigenvalue weighted by molar-refractivity contribution is -0.122. The lowest BCUT2D eigenvalue weighted by Crippen LogP contribution is -2.33. The number of carbonyl (C=O) groups excluding carboxylic acids is 3. The lowest BCUT2D eigenvalue weighted by Gasteiger charge is -2.20. The van der Waals surface area contributed by atoms with Crippen molar-refractivity contribution in [2.24, 2.45) is 13.0 Å². The predicted octanol–water partition coefficient (Wildman–Crippen LogP) is 1.87. The number of carbonyl (C=O) groups is 3. The maximum Gasteiger partial charge on any atom is 0.274 e. The molecule has 1 aliphatic heterocycles. The van der Waals surface area contributed by atoms with Crippen LogP contribution in [0.1, 0.15) is 30.6 Å². The first-order valence-electron chi connectivity index (χ1n) is 10.5. The number of anilines is 2. The molecule has 1 unspecified atom stereocenters. The van der Waals surface area contributed by atoms with Crippen LogP contribution in [0.5, 0.6) is 5.75 Å². The number of ether oxygens (including phenoxy) is 1. The molecular formula is C23H28N4O5. The van der Waals surface area contributed by atoms with Crippen LogP contribution in [-0.4, -0.2) is 53.9 Å². The van der Waals surface area contributed by atoms with Gasteiger partial charge in [0.25, 0.3) is 11.5 Å². The summed E-state index contributed by atoms with van der Waals surface area (Å²) in [7, 11) is 3.09. The molecule has 0 bridgehead atoms. The summed E-state index contributed by atoms with van der Waals surface area (Å²) in [5.41, 5.74) is 0.582. The van der Waals surface area contributed by atoms with Crippen LogP contribution in [-0.2, 0) is 16.6 Å². The minimum Gasteiger partial charge on any atom is -0.497 e. The largest absolute Gasteiger partial charge is 0.497 e. The molecule has 1 fully saturated rings. The van der Waals surface area contributed by atoms with E-state index in [1.807, 2.05) is 13.8 Å². The van der Waals surface area contributed by atoms with Crippen LogP contribution in [0.3, 0.4) is 0 Å². The van der Waals surface area contributed by atoms with Gasteiger partial charge in [0.15, 0.2) is 0 Å². The Labute approximate surface area is 186 Å². The molecule has 1 aliphatic rings. The van der Waals surface area contributed by atoms with Crippen LogP contribution in [0.2, 0.25) is 0 Å². The zero-order chi connectivity index (χ0) is 23.4. The van der Waals surface area contributed by atoms with Gasteiger partial charge >= 0.3 is 0 Å². The van der Waals surface area contributed by atoms with E-state index in [0.717, 1.165) is 0 Å². The Hall–Kier alpha value is -3.62. The fraction of sp³-hybridized carbons (Fsp3) is 0.391. The van der Waals surface area contributed by atoms with Gasteiger partial charge in [-0.3, -0.25) is 19.2 Å². The summed E-state index contributed by atoms with van der Waals surface area (Å²) in [5.74, 6) is -0.767. The first kappa shape index (κ1) is 23.1. The van der Waals surface area contributed by atoms with Crippen molar-refractivity contribution in [2.75, 3.05) is 37.0 Å². The number of rotatable bonds is 7. The van der Waals surface area contributed by atoms with Crippen molar-refractivity contribution in [1.82, 2.24) is 9.47 Å². The van der Waals surface area contributed by atoms with Gasteiger partial charge in [-0.05, 0) is 44.2 Å². The maximum absolute atomic E-state index is 12.9. The quantitative estimate of drug-likeness (QED) is 0.708. The first-order valence-corrected chi connectivity index (χ1v) is 10.5. The van der Waals surface area contributed by atoms with E-state index in [2.05, 4.69) is 5.32 Å². The van der Waals surface area contributed by atoms with E-state index >= 15 is 0 Å². The highest BCUT2D eigenvalue weighted by molar-refractivity contribution is 6.04. The minimum atomic E-state index is -0.614. The summed E-state index contributed by atoms with van der Waals surface area (Å²) in [6.07, 6.45) is 1.50. The zero-order valence-electron chi connectivity index (χ0n) is 18.8. The molecule has 3 amide bonds. The Morgan fingerprint density at radius 1 is 1.16 bits per heavy atom. The number of hydrogen-bond donors (Lipinski definition) is 1. The summed E-state index contributed by atoms with van der Waals surface area (Å²) in [6.45, 7) is 5.02. The zero-order valence-corrected chi connectivity index (χ0v) is 18.8. The summed E-state index contributed by atoms with van der Waals surface area (Å²) in [6, 6.07) is 8.42. The van der Waals surface area contributed by atoms with Crippen molar-refractivity contribution in [1.29, 1.82) is 0 Å². The second kappa shape index (κ2) is 9.67. The molecule has 1 aromatic heterocycles. The molecule has 0 aliphatic carbocycles. The second-order valence-corrected chi connectivity index (χ2v) is 7.63. The SMILES string of the molecule is CCN(CC)C(=O)c1cc(NC(=O)C2CC(=O)N(c3ccc(OC)cc3)C2)c(=O)n(C)c1. The van der Waals surface area contributed by atoms with Gasteiger partial charge in [0.2, 0.25) is 11.8 Å². The highest BCUT2D eigenvalue weighted by atomic mass is 16.5. The van der Waals surface area contributed by atoms with Crippen molar-refractivity contribution in [2.45, 2.75) is 20.3 Å². The fourth-order valence-corrected chi connectivity index (χ4v) is 3.74. The number of nitrogens with one attached hydrogen (secondary N) is 1. The van der Waals surface area contributed by atoms with Gasteiger partial charge in [-0.25, -0.2) is 0 Å². The van der Waals surface area contributed by atoms with Crippen LogP contribution >= 0.6 is 0 Å². The fourth-order valence-electron chi connectivity index (χ4n) is 3.74. The third-order valence-electron chi connectivity index (χ3n) is 5.62. The molecule has 1 atom stereocenters. The average Bonchev–Trinajstić information content (AvgIpc) is 3.19. The smallest absolute Gasteiger partial charge is 0.274 e. The first-order chi connectivity index (χ1) is 15.3. The number of aryl methyl sites for hydroxylation is 1. The third kappa shape index (κ3) is 4.66. The highest BCUT2D eigenvalue weighted by Crippen LogP contribution is 2.27. The predicted molar refractivity (Wildman–Crippen MR) is 121 cm³/mol. The van der Waals surface area contributed by atoms with E-state index in [1.165, 1.54) is 23.9 Å². The molecule has 0 saturated carbocycles. The molecule has 170 valence electrons. The number of aromatic nitrogens is 1. The van der Waals surface area contributed by atoms with Crippen LogP contribution < -0.4 is 20.5 Å². The van der Waals surface area contributed by atoms with Gasteiger partial charge in [-0.2, -0.15) is 0 Å². The molecule has 9 heteroatoms. The van der Waals surface area contributed by atoms with Gasteiger partial charge in [0, 0.05) is 45.0 Å². The Morgan fingerprint density at radius 2 is 1.81 bits per heavy atom. The molecule has 0 radical (unpaired) electrons. The standard InChI is InChI=1S/C23H28N4O5/c1-5-26(6-2)22(30)16-11-19(23(31)25(3)13-16)24-21(29)15-12-20(28)27(14-15)17-7-9-18(32-4)10-8-17/h7-11,13,15H,5-6,12,14H2,1-4H3,(H,24,29). The maximum atomic E-state index is 12.9. The Morgan fingerprint density at radius 3 is 2.41 bits per heavy atom. The molecule has 1 saturated heterocycles. The summed E-state index contributed by atoms with van der Waals surface area (Å²) in [4.78, 5) is 53.8. The Kier molecular flexibility index (Phi) is 6.97. The number of pyridine rings is 1. The number of hydrogen-bond acceptors (Lipinski definition) is 5. The Bertz CT molecular complexity index is 1070. The molecule has 32 heavy (non-hydrogen) atoms. The lowest BCUT2D eigenvalue weighted by atomic mass is 10.1. The summed E-state index contributed by atoms with van der Waals surface area (Å²) in [5, 5.41) is 2.63. The number of benzene rings is 1. The topological polar surface area (TPSA) is 101 Å². The van der Waals surface area contributed by atoms with E-state index in [4.69, 9.17) is 4.74 Å². The van der Waals surface area contributed by atoms with Crippen LogP contribution in [0.15, 0.2) is 41.3 Å². The normalized spacial score (nSPS) is 15.6. The molecule has 1 aromatic carbocycles. The molecule has 2 aromatic rings. The van der Waals surface area contributed by atoms with Crippen LogP contribution in [0.4, 0.5) is 11.4 Å². The summed E-state index contributed by atoms with van der Waals surface area (Å²) >= 11 is 0. The number of methoxy groups -OCH3 is 1. The minimum absolute atomic E-state index is 0.0193. The monoisotopic (exact) mass is 440 g/mol. The second-order valence-electron chi connectivity index (χ2n) is 7.63. The molecule has 2 heterocycles. The van der Waals surface area contributed by atoms with Crippen LogP contribution in [0.25, 0.3) is 0 Å². The van der Waals surface area contributed by atoms with E-state index < -0.39 is 17.4 Å². The van der Waals surface area contributed by atoms with Crippen molar-refractivity contribution >= 4 is 29.1 Å². The van der Waals surface area contributed by atoms with E-state index in [1.54, 1.807) is 41.2 Å². The molecule has 0 spiro atoms. The van der Waals surface area contributed by atoms with E-state index in [9.17, 15) is 19.2 Å². The average molecular weight is 441 g/mol. The number of amides is 3.